The number of anilines is 1. The van der Waals surface area contributed by atoms with E-state index in [1.165, 1.54) is 0 Å². The Labute approximate surface area is 78.0 Å². The Balaban J connectivity index is 3.04. The van der Waals surface area contributed by atoms with Gasteiger partial charge in [-0.3, -0.25) is 0 Å². The van der Waals surface area contributed by atoms with Gasteiger partial charge in [-0.1, -0.05) is 6.07 Å². The summed E-state index contributed by atoms with van der Waals surface area (Å²) < 4.78 is 0. The molecule has 0 saturated carbocycles. The number of aromatic nitrogens is 1. The highest BCUT2D eigenvalue weighted by Gasteiger charge is 2.11. The number of aliphatic hydroxyl groups excluding tert-OH is 1. The molecular formula is C9H15N3O. The van der Waals surface area contributed by atoms with Crippen LogP contribution in [-0.4, -0.2) is 30.8 Å². The van der Waals surface area contributed by atoms with Gasteiger partial charge in [-0.2, -0.15) is 0 Å². The maximum Gasteiger partial charge on any atom is 0.132 e. The molecule has 0 fully saturated rings. The highest BCUT2D eigenvalue weighted by atomic mass is 16.3. The van der Waals surface area contributed by atoms with Crippen molar-refractivity contribution in [2.75, 3.05) is 25.6 Å². The largest absolute Gasteiger partial charge is 0.394 e. The maximum atomic E-state index is 8.92. The zero-order valence-corrected chi connectivity index (χ0v) is 7.94. The maximum absolute atomic E-state index is 8.92. The number of hydrogen-bond donors (Lipinski definition) is 2. The summed E-state index contributed by atoms with van der Waals surface area (Å²) in [6.45, 7) is -0.0630. The number of pyridine rings is 1. The molecule has 0 aliphatic heterocycles. The summed E-state index contributed by atoms with van der Waals surface area (Å²) in [5.41, 5.74) is 6.59. The predicted molar refractivity (Wildman–Crippen MR) is 52.6 cm³/mol. The van der Waals surface area contributed by atoms with Gasteiger partial charge in [0.15, 0.2) is 0 Å². The third-order valence-electron chi connectivity index (χ3n) is 1.84. The predicted octanol–water partition coefficient (Wildman–Crippen LogP) is 0.140. The van der Waals surface area contributed by atoms with Gasteiger partial charge in [0.1, 0.15) is 5.82 Å². The van der Waals surface area contributed by atoms with Crippen LogP contribution in [0.25, 0.3) is 0 Å². The quantitative estimate of drug-likeness (QED) is 0.696. The van der Waals surface area contributed by atoms with Crippen LogP contribution in [0.1, 0.15) is 11.6 Å². The first-order valence-electron chi connectivity index (χ1n) is 4.15. The Bertz CT molecular complexity index is 275. The van der Waals surface area contributed by atoms with E-state index in [4.69, 9.17) is 10.8 Å². The molecule has 0 spiro atoms. The van der Waals surface area contributed by atoms with Crippen molar-refractivity contribution in [2.24, 2.45) is 5.73 Å². The van der Waals surface area contributed by atoms with Gasteiger partial charge in [-0.15, -0.1) is 0 Å². The van der Waals surface area contributed by atoms with Crippen LogP contribution in [0.15, 0.2) is 18.3 Å². The van der Waals surface area contributed by atoms with Gasteiger partial charge in [0, 0.05) is 25.9 Å². The molecule has 1 atom stereocenters. The summed E-state index contributed by atoms with van der Waals surface area (Å²) in [6.07, 6.45) is 1.71. The van der Waals surface area contributed by atoms with Crippen LogP contribution < -0.4 is 10.6 Å². The van der Waals surface area contributed by atoms with Gasteiger partial charge in [-0.05, 0) is 6.07 Å². The van der Waals surface area contributed by atoms with Crippen molar-refractivity contribution in [3.05, 3.63) is 23.9 Å². The van der Waals surface area contributed by atoms with E-state index < -0.39 is 0 Å². The molecule has 13 heavy (non-hydrogen) atoms. The second kappa shape index (κ2) is 4.20. The van der Waals surface area contributed by atoms with E-state index in [2.05, 4.69) is 4.98 Å². The average Bonchev–Trinajstić information content (AvgIpc) is 2.16. The van der Waals surface area contributed by atoms with Crippen molar-refractivity contribution in [1.29, 1.82) is 0 Å². The summed E-state index contributed by atoms with van der Waals surface area (Å²) in [5.74, 6) is 0.809. The first kappa shape index (κ1) is 9.95. The fraction of sp³-hybridized carbons (Fsp3) is 0.444. The zero-order chi connectivity index (χ0) is 9.84. The fourth-order valence-electron chi connectivity index (χ4n) is 1.17. The molecule has 1 aromatic rings. The number of aliphatic hydroxyl groups is 1. The molecule has 1 aromatic heterocycles. The van der Waals surface area contributed by atoms with Crippen LogP contribution >= 0.6 is 0 Å². The van der Waals surface area contributed by atoms with E-state index in [-0.39, 0.29) is 12.6 Å². The monoisotopic (exact) mass is 181 g/mol. The summed E-state index contributed by atoms with van der Waals surface area (Å²) in [6, 6.07) is 3.34. The van der Waals surface area contributed by atoms with Gasteiger partial charge in [-0.25, -0.2) is 4.98 Å². The molecule has 0 aromatic carbocycles. The van der Waals surface area contributed by atoms with Crippen LogP contribution in [0.4, 0.5) is 5.82 Å². The standard InChI is InChI=1S/C9H15N3O/c1-12(2)9-7(8(10)6-13)4-3-5-11-9/h3-5,8,13H,6,10H2,1-2H3. The molecule has 3 N–H and O–H groups in total. The third kappa shape index (κ3) is 2.17. The smallest absolute Gasteiger partial charge is 0.132 e. The van der Waals surface area contributed by atoms with Crippen molar-refractivity contribution < 1.29 is 5.11 Å². The van der Waals surface area contributed by atoms with Crippen LogP contribution in [0, 0.1) is 0 Å². The second-order valence-corrected chi connectivity index (χ2v) is 3.10. The Morgan fingerprint density at radius 1 is 1.62 bits per heavy atom. The van der Waals surface area contributed by atoms with Gasteiger partial charge in [0.25, 0.3) is 0 Å². The van der Waals surface area contributed by atoms with E-state index in [0.29, 0.717) is 0 Å². The fourth-order valence-corrected chi connectivity index (χ4v) is 1.17. The lowest BCUT2D eigenvalue weighted by Crippen LogP contribution is -2.20. The average molecular weight is 181 g/mol. The Morgan fingerprint density at radius 2 is 2.31 bits per heavy atom. The molecular weight excluding hydrogens is 166 g/mol. The lowest BCUT2D eigenvalue weighted by Gasteiger charge is -2.18. The first-order valence-corrected chi connectivity index (χ1v) is 4.15. The van der Waals surface area contributed by atoms with E-state index in [1.807, 2.05) is 31.1 Å². The molecule has 72 valence electrons. The molecule has 0 aliphatic carbocycles. The Hall–Kier alpha value is -1.13. The van der Waals surface area contributed by atoms with Crippen LogP contribution in [0.5, 0.6) is 0 Å². The van der Waals surface area contributed by atoms with Crippen LogP contribution in [-0.2, 0) is 0 Å². The molecule has 0 amide bonds. The topological polar surface area (TPSA) is 62.4 Å². The second-order valence-electron chi connectivity index (χ2n) is 3.10. The van der Waals surface area contributed by atoms with E-state index >= 15 is 0 Å². The van der Waals surface area contributed by atoms with Gasteiger partial charge in [0.05, 0.1) is 12.6 Å². The molecule has 0 radical (unpaired) electrons. The lowest BCUT2D eigenvalue weighted by atomic mass is 10.1. The number of nitrogens with zero attached hydrogens (tertiary/aromatic N) is 2. The minimum Gasteiger partial charge on any atom is -0.394 e. The van der Waals surface area contributed by atoms with Crippen molar-refractivity contribution in [1.82, 2.24) is 4.98 Å². The molecule has 1 unspecified atom stereocenters. The zero-order valence-electron chi connectivity index (χ0n) is 7.94. The normalized spacial score (nSPS) is 12.6. The molecule has 4 nitrogen and oxygen atoms in total. The number of nitrogens with two attached hydrogens (primary N) is 1. The SMILES string of the molecule is CN(C)c1ncccc1C(N)CO. The summed E-state index contributed by atoms with van der Waals surface area (Å²) >= 11 is 0. The van der Waals surface area contributed by atoms with Gasteiger partial charge < -0.3 is 15.7 Å². The molecule has 0 aliphatic rings. The molecule has 0 bridgehead atoms. The summed E-state index contributed by atoms with van der Waals surface area (Å²) in [7, 11) is 3.80. The van der Waals surface area contributed by atoms with Gasteiger partial charge in [0.2, 0.25) is 0 Å². The summed E-state index contributed by atoms with van der Waals surface area (Å²) in [5, 5.41) is 8.92. The highest BCUT2D eigenvalue weighted by molar-refractivity contribution is 5.46. The van der Waals surface area contributed by atoms with Crippen molar-refractivity contribution in [3.63, 3.8) is 0 Å². The van der Waals surface area contributed by atoms with Crippen molar-refractivity contribution >= 4 is 5.82 Å². The van der Waals surface area contributed by atoms with Crippen molar-refractivity contribution in [2.45, 2.75) is 6.04 Å². The van der Waals surface area contributed by atoms with E-state index in [1.54, 1.807) is 6.20 Å². The lowest BCUT2D eigenvalue weighted by molar-refractivity contribution is 0.268. The van der Waals surface area contributed by atoms with Crippen molar-refractivity contribution in [3.8, 4) is 0 Å². The highest BCUT2D eigenvalue weighted by Crippen LogP contribution is 2.19. The Morgan fingerprint density at radius 3 is 2.85 bits per heavy atom. The molecule has 4 heteroatoms. The van der Waals surface area contributed by atoms with Crippen LogP contribution in [0.2, 0.25) is 0 Å². The molecule has 0 saturated heterocycles. The number of hydrogen-bond acceptors (Lipinski definition) is 4. The van der Waals surface area contributed by atoms with E-state index in [0.717, 1.165) is 11.4 Å². The molecule has 1 heterocycles. The van der Waals surface area contributed by atoms with Crippen LogP contribution in [0.3, 0.4) is 0 Å². The summed E-state index contributed by atoms with van der Waals surface area (Å²) in [4.78, 5) is 6.06. The Kier molecular flexibility index (Phi) is 3.22. The first-order chi connectivity index (χ1) is 6.16. The minimum atomic E-state index is -0.355. The number of rotatable bonds is 3. The van der Waals surface area contributed by atoms with E-state index in [9.17, 15) is 0 Å². The minimum absolute atomic E-state index is 0.0630. The molecule has 1 rings (SSSR count). The van der Waals surface area contributed by atoms with Gasteiger partial charge >= 0.3 is 0 Å². The third-order valence-corrected chi connectivity index (χ3v) is 1.84.